The Bertz CT molecular complexity index is 774. The fourth-order valence-corrected chi connectivity index (χ4v) is 2.46. The van der Waals surface area contributed by atoms with Crippen molar-refractivity contribution in [2.24, 2.45) is 0 Å². The number of ether oxygens (including phenoxy) is 1. The van der Waals surface area contributed by atoms with Crippen LogP contribution in [0.1, 0.15) is 18.1 Å². The lowest BCUT2D eigenvalue weighted by atomic mass is 9.98. The van der Waals surface area contributed by atoms with Crippen molar-refractivity contribution >= 4 is 22.3 Å². The molecule has 5 nitrogen and oxygen atoms in total. The molecule has 2 aromatic carbocycles. The molecule has 0 spiro atoms. The number of benzene rings is 2. The zero-order chi connectivity index (χ0) is 14.4. The van der Waals surface area contributed by atoms with E-state index in [1.54, 1.807) is 6.07 Å². The van der Waals surface area contributed by atoms with Crippen LogP contribution in [0.2, 0.25) is 0 Å². The first-order valence-corrected chi connectivity index (χ1v) is 6.03. The summed E-state index contributed by atoms with van der Waals surface area (Å²) in [6.07, 6.45) is 1.30. The Hall–Kier alpha value is -2.69. The van der Waals surface area contributed by atoms with Gasteiger partial charge in [-0.3, -0.25) is 4.79 Å². The molecule has 1 aliphatic rings. The summed E-state index contributed by atoms with van der Waals surface area (Å²) in [4.78, 5) is 11.2. The smallest absolute Gasteiger partial charge is 0.156 e. The van der Waals surface area contributed by atoms with Crippen molar-refractivity contribution in [2.75, 3.05) is 0 Å². The second-order valence-electron chi connectivity index (χ2n) is 4.73. The van der Waals surface area contributed by atoms with Crippen molar-refractivity contribution in [1.29, 1.82) is 0 Å². The molecule has 0 aliphatic carbocycles. The zero-order valence-corrected chi connectivity index (χ0v) is 10.7. The molecule has 0 radical (unpaired) electrons. The molecule has 0 bridgehead atoms. The van der Waals surface area contributed by atoms with Gasteiger partial charge < -0.3 is 20.1 Å². The normalized spacial score (nSPS) is 15.3. The van der Waals surface area contributed by atoms with Crippen LogP contribution in [0.3, 0.4) is 0 Å². The molecule has 0 atom stereocenters. The highest BCUT2D eigenvalue weighted by molar-refractivity contribution is 6.02. The first kappa shape index (κ1) is 12.3. The molecule has 1 heterocycles. The van der Waals surface area contributed by atoms with Crippen molar-refractivity contribution in [1.82, 2.24) is 0 Å². The van der Waals surface area contributed by atoms with E-state index in [1.165, 1.54) is 19.1 Å². The Labute approximate surface area is 114 Å². The first-order valence-electron chi connectivity index (χ1n) is 6.03. The van der Waals surface area contributed by atoms with E-state index in [0.29, 0.717) is 22.3 Å². The minimum Gasteiger partial charge on any atom is -0.508 e. The number of carbonyl (C=O) groups excluding carboxylic acids is 1. The number of ketones is 1. The summed E-state index contributed by atoms with van der Waals surface area (Å²) in [6, 6.07) is 4.31. The van der Waals surface area contributed by atoms with Gasteiger partial charge in [-0.05, 0) is 24.4 Å². The minimum absolute atomic E-state index is 0.0900. The Kier molecular flexibility index (Phi) is 2.57. The van der Waals surface area contributed by atoms with E-state index in [-0.39, 0.29) is 35.0 Å². The van der Waals surface area contributed by atoms with Crippen LogP contribution in [0, 0.1) is 0 Å². The standard InChI is InChI=1S/C15H12O5/c1-7(16)2-12-14-9(6-20-12)3-8-4-10(17)5-11(18)13(8)15(14)19/h2-5,17-19H,6H2,1H3/b12-2+. The maximum absolute atomic E-state index is 11.2. The summed E-state index contributed by atoms with van der Waals surface area (Å²) < 4.78 is 5.39. The molecule has 2 aromatic rings. The van der Waals surface area contributed by atoms with Gasteiger partial charge in [0.1, 0.15) is 29.6 Å². The van der Waals surface area contributed by atoms with E-state index in [0.717, 1.165) is 6.07 Å². The van der Waals surface area contributed by atoms with Crippen LogP contribution in [0.15, 0.2) is 24.3 Å². The summed E-state index contributed by atoms with van der Waals surface area (Å²) in [5.74, 6) is -0.371. The van der Waals surface area contributed by atoms with Gasteiger partial charge >= 0.3 is 0 Å². The van der Waals surface area contributed by atoms with E-state index >= 15 is 0 Å². The fourth-order valence-electron chi connectivity index (χ4n) is 2.46. The molecule has 3 N–H and O–H groups in total. The maximum atomic E-state index is 11.2. The summed E-state index contributed by atoms with van der Waals surface area (Å²) >= 11 is 0. The van der Waals surface area contributed by atoms with Crippen molar-refractivity contribution < 1.29 is 24.9 Å². The second-order valence-corrected chi connectivity index (χ2v) is 4.73. The van der Waals surface area contributed by atoms with Crippen molar-refractivity contribution in [2.45, 2.75) is 13.5 Å². The Morgan fingerprint density at radius 3 is 2.70 bits per heavy atom. The third-order valence-electron chi connectivity index (χ3n) is 3.22. The largest absolute Gasteiger partial charge is 0.508 e. The molecule has 20 heavy (non-hydrogen) atoms. The van der Waals surface area contributed by atoms with E-state index in [2.05, 4.69) is 0 Å². The summed E-state index contributed by atoms with van der Waals surface area (Å²) in [7, 11) is 0. The van der Waals surface area contributed by atoms with Crippen molar-refractivity contribution in [3.63, 3.8) is 0 Å². The Morgan fingerprint density at radius 1 is 1.25 bits per heavy atom. The topological polar surface area (TPSA) is 87.0 Å². The molecular formula is C15H12O5. The average molecular weight is 272 g/mol. The number of hydrogen-bond acceptors (Lipinski definition) is 5. The third-order valence-corrected chi connectivity index (χ3v) is 3.22. The lowest BCUT2D eigenvalue weighted by Gasteiger charge is -2.09. The lowest BCUT2D eigenvalue weighted by molar-refractivity contribution is -0.112. The quantitative estimate of drug-likeness (QED) is 0.694. The van der Waals surface area contributed by atoms with Crippen molar-refractivity contribution in [3.8, 4) is 17.2 Å². The maximum Gasteiger partial charge on any atom is 0.156 e. The summed E-state index contributed by atoms with van der Waals surface area (Å²) in [6.45, 7) is 1.62. The van der Waals surface area contributed by atoms with Gasteiger partial charge in [-0.2, -0.15) is 0 Å². The number of allylic oxidation sites excluding steroid dienone is 1. The van der Waals surface area contributed by atoms with Crippen LogP contribution in [0.4, 0.5) is 0 Å². The molecule has 102 valence electrons. The average Bonchev–Trinajstić information content (AvgIpc) is 2.70. The van der Waals surface area contributed by atoms with Gasteiger partial charge in [-0.25, -0.2) is 0 Å². The molecule has 0 saturated heterocycles. The van der Waals surface area contributed by atoms with Crippen LogP contribution >= 0.6 is 0 Å². The molecular weight excluding hydrogens is 260 g/mol. The highest BCUT2D eigenvalue weighted by Crippen LogP contribution is 2.45. The molecule has 1 aliphatic heterocycles. The van der Waals surface area contributed by atoms with Gasteiger partial charge in [0.2, 0.25) is 0 Å². The summed E-state index contributed by atoms with van der Waals surface area (Å²) in [5.41, 5.74) is 1.11. The molecule has 0 unspecified atom stereocenters. The second kappa shape index (κ2) is 4.16. The number of phenols is 3. The Balaban J connectivity index is 2.36. The summed E-state index contributed by atoms with van der Waals surface area (Å²) in [5, 5.41) is 30.5. The lowest BCUT2D eigenvalue weighted by Crippen LogP contribution is -1.89. The van der Waals surface area contributed by atoms with Gasteiger partial charge in [-0.1, -0.05) is 0 Å². The van der Waals surface area contributed by atoms with Gasteiger partial charge in [-0.15, -0.1) is 0 Å². The number of rotatable bonds is 1. The van der Waals surface area contributed by atoms with Crippen LogP contribution in [-0.4, -0.2) is 21.1 Å². The van der Waals surface area contributed by atoms with Crippen LogP contribution in [0.25, 0.3) is 16.5 Å². The molecule has 5 heteroatoms. The highest BCUT2D eigenvalue weighted by Gasteiger charge is 2.25. The van der Waals surface area contributed by atoms with Crippen LogP contribution < -0.4 is 0 Å². The van der Waals surface area contributed by atoms with Crippen LogP contribution in [-0.2, 0) is 16.1 Å². The van der Waals surface area contributed by atoms with E-state index in [4.69, 9.17) is 4.74 Å². The van der Waals surface area contributed by atoms with Gasteiger partial charge in [0.25, 0.3) is 0 Å². The van der Waals surface area contributed by atoms with E-state index < -0.39 is 0 Å². The van der Waals surface area contributed by atoms with Crippen molar-refractivity contribution in [3.05, 3.63) is 35.4 Å². The number of hydrogen-bond donors (Lipinski definition) is 3. The number of fused-ring (bicyclic) bond motifs is 2. The monoisotopic (exact) mass is 272 g/mol. The zero-order valence-electron chi connectivity index (χ0n) is 10.7. The van der Waals surface area contributed by atoms with E-state index in [9.17, 15) is 20.1 Å². The predicted molar refractivity (Wildman–Crippen MR) is 72.4 cm³/mol. The molecule has 3 rings (SSSR count). The molecule has 0 amide bonds. The third kappa shape index (κ3) is 1.75. The first-order chi connectivity index (χ1) is 9.47. The van der Waals surface area contributed by atoms with Gasteiger partial charge in [0.15, 0.2) is 5.78 Å². The van der Waals surface area contributed by atoms with Crippen LogP contribution in [0.5, 0.6) is 17.2 Å². The molecule has 0 aromatic heterocycles. The fraction of sp³-hybridized carbons (Fsp3) is 0.133. The van der Waals surface area contributed by atoms with E-state index in [1.807, 2.05) is 0 Å². The Morgan fingerprint density at radius 2 is 2.00 bits per heavy atom. The SMILES string of the molecule is CC(=O)/C=C1/OCc2cc3cc(O)cc(O)c3c(O)c21. The number of phenolic OH excluding ortho intramolecular Hbond substituents is 3. The number of aromatic hydroxyl groups is 3. The van der Waals surface area contributed by atoms with Gasteiger partial charge in [0, 0.05) is 17.7 Å². The molecule has 0 saturated carbocycles. The predicted octanol–water partition coefficient (Wildman–Crippen LogP) is 2.42. The van der Waals surface area contributed by atoms with Gasteiger partial charge in [0.05, 0.1) is 10.9 Å². The highest BCUT2D eigenvalue weighted by atomic mass is 16.5. The number of carbonyl (C=O) groups is 1. The molecule has 0 fully saturated rings. The minimum atomic E-state index is -0.227.